The highest BCUT2D eigenvalue weighted by atomic mass is 16.5. The number of benzene rings is 1. The molecule has 0 aromatic heterocycles. The fourth-order valence-corrected chi connectivity index (χ4v) is 2.78. The normalized spacial score (nSPS) is 16.7. The standard InChI is InChI=1S/C19H23NO2/c1-4-9-15-14(6-3)18(13-22-19(21)20-12-5-2)17-11-8-7-10-16(15)17/h4,6-11,18H,3,5,12-13H2,1-2H3,(H,20,21)/b9-4-. The number of allylic oxidation sites excluding steroid dienone is 4. The second kappa shape index (κ2) is 7.64. The van der Waals surface area contributed by atoms with Gasteiger partial charge in [0.1, 0.15) is 6.61 Å². The van der Waals surface area contributed by atoms with Crippen LogP contribution in [0.1, 0.15) is 37.3 Å². The van der Waals surface area contributed by atoms with E-state index in [9.17, 15) is 4.79 Å². The molecule has 116 valence electrons. The summed E-state index contributed by atoms with van der Waals surface area (Å²) in [6, 6.07) is 8.24. The number of carbonyl (C=O) groups excluding carboxylic acids is 1. The smallest absolute Gasteiger partial charge is 0.407 e. The maximum Gasteiger partial charge on any atom is 0.407 e. The molecule has 1 amide bonds. The minimum Gasteiger partial charge on any atom is -0.449 e. The molecule has 1 atom stereocenters. The summed E-state index contributed by atoms with van der Waals surface area (Å²) in [4.78, 5) is 11.7. The van der Waals surface area contributed by atoms with E-state index < -0.39 is 0 Å². The SMILES string of the molecule is C=CC1=C(/C=C\C)c2ccccc2C1COC(=O)NCCC. The summed E-state index contributed by atoms with van der Waals surface area (Å²) in [6.45, 7) is 8.91. The van der Waals surface area contributed by atoms with Crippen LogP contribution in [-0.2, 0) is 4.74 Å². The molecule has 0 saturated heterocycles. The number of alkyl carbamates (subject to hydrolysis) is 1. The van der Waals surface area contributed by atoms with Gasteiger partial charge in [0.05, 0.1) is 0 Å². The maximum absolute atomic E-state index is 11.7. The third-order valence-electron chi connectivity index (χ3n) is 3.77. The van der Waals surface area contributed by atoms with Crippen LogP contribution in [0.4, 0.5) is 4.79 Å². The van der Waals surface area contributed by atoms with Gasteiger partial charge in [-0.25, -0.2) is 4.79 Å². The van der Waals surface area contributed by atoms with E-state index in [1.807, 2.05) is 38.1 Å². The third kappa shape index (κ3) is 3.30. The Labute approximate surface area is 132 Å². The highest BCUT2D eigenvalue weighted by Crippen LogP contribution is 2.43. The van der Waals surface area contributed by atoms with Crippen LogP contribution in [0.5, 0.6) is 0 Å². The summed E-state index contributed by atoms with van der Waals surface area (Å²) in [5.41, 5.74) is 4.66. The first-order chi connectivity index (χ1) is 10.7. The van der Waals surface area contributed by atoms with Crippen LogP contribution in [0.3, 0.4) is 0 Å². The van der Waals surface area contributed by atoms with Gasteiger partial charge in [-0.2, -0.15) is 0 Å². The molecule has 3 heteroatoms. The van der Waals surface area contributed by atoms with Crippen LogP contribution in [0, 0.1) is 0 Å². The highest BCUT2D eigenvalue weighted by Gasteiger charge is 2.29. The summed E-state index contributed by atoms with van der Waals surface area (Å²) in [5.74, 6) is 0.0484. The van der Waals surface area contributed by atoms with E-state index in [4.69, 9.17) is 4.74 Å². The molecule has 2 rings (SSSR count). The van der Waals surface area contributed by atoms with Gasteiger partial charge >= 0.3 is 6.09 Å². The monoisotopic (exact) mass is 297 g/mol. The quantitative estimate of drug-likeness (QED) is 0.843. The largest absolute Gasteiger partial charge is 0.449 e. The van der Waals surface area contributed by atoms with Gasteiger partial charge in [-0.05, 0) is 35.6 Å². The molecule has 0 saturated carbocycles. The zero-order valence-electron chi connectivity index (χ0n) is 13.3. The molecule has 1 unspecified atom stereocenters. The van der Waals surface area contributed by atoms with Gasteiger partial charge in [0.25, 0.3) is 0 Å². The van der Waals surface area contributed by atoms with E-state index in [0.29, 0.717) is 13.2 Å². The molecule has 0 radical (unpaired) electrons. The number of fused-ring (bicyclic) bond motifs is 1. The zero-order chi connectivity index (χ0) is 15.9. The molecule has 3 nitrogen and oxygen atoms in total. The molecular weight excluding hydrogens is 274 g/mol. The summed E-state index contributed by atoms with van der Waals surface area (Å²) < 4.78 is 5.39. The Balaban J connectivity index is 2.22. The zero-order valence-corrected chi connectivity index (χ0v) is 13.3. The fraction of sp³-hybridized carbons (Fsp3) is 0.316. The molecule has 0 heterocycles. The van der Waals surface area contributed by atoms with Crippen LogP contribution in [-0.4, -0.2) is 19.2 Å². The van der Waals surface area contributed by atoms with Crippen molar-refractivity contribution < 1.29 is 9.53 Å². The van der Waals surface area contributed by atoms with Crippen LogP contribution in [0.2, 0.25) is 0 Å². The average Bonchev–Trinajstić information content (AvgIpc) is 2.84. The van der Waals surface area contributed by atoms with Crippen molar-refractivity contribution in [3.8, 4) is 0 Å². The lowest BCUT2D eigenvalue weighted by Gasteiger charge is -2.15. The van der Waals surface area contributed by atoms with Crippen LogP contribution in [0.15, 0.2) is 54.6 Å². The van der Waals surface area contributed by atoms with Crippen molar-refractivity contribution in [2.75, 3.05) is 13.2 Å². The Bertz CT molecular complexity index is 614. The summed E-state index contributed by atoms with van der Waals surface area (Å²) in [7, 11) is 0. The molecule has 0 aliphatic heterocycles. The molecule has 1 aromatic carbocycles. The number of carbonyl (C=O) groups is 1. The van der Waals surface area contributed by atoms with Crippen molar-refractivity contribution in [1.29, 1.82) is 0 Å². The van der Waals surface area contributed by atoms with Gasteiger partial charge < -0.3 is 10.1 Å². The number of hydrogen-bond acceptors (Lipinski definition) is 2. The predicted molar refractivity (Wildman–Crippen MR) is 90.8 cm³/mol. The van der Waals surface area contributed by atoms with Crippen molar-refractivity contribution in [2.24, 2.45) is 0 Å². The molecular formula is C19H23NO2. The van der Waals surface area contributed by atoms with Crippen molar-refractivity contribution >= 4 is 11.7 Å². The lowest BCUT2D eigenvalue weighted by Crippen LogP contribution is -2.26. The predicted octanol–water partition coefficient (Wildman–Crippen LogP) is 4.44. The van der Waals surface area contributed by atoms with E-state index in [-0.39, 0.29) is 12.0 Å². The first-order valence-electron chi connectivity index (χ1n) is 7.72. The lowest BCUT2D eigenvalue weighted by molar-refractivity contribution is 0.143. The number of amides is 1. The average molecular weight is 297 g/mol. The fourth-order valence-electron chi connectivity index (χ4n) is 2.78. The molecule has 0 fully saturated rings. The lowest BCUT2D eigenvalue weighted by atomic mass is 9.97. The Morgan fingerprint density at radius 1 is 1.41 bits per heavy atom. The minimum absolute atomic E-state index is 0.0484. The van der Waals surface area contributed by atoms with E-state index in [2.05, 4.69) is 30.1 Å². The molecule has 0 bridgehead atoms. The number of rotatable bonds is 6. The molecule has 1 aliphatic carbocycles. The van der Waals surface area contributed by atoms with Gasteiger partial charge in [0.15, 0.2) is 0 Å². The Hall–Kier alpha value is -2.29. The molecule has 1 aliphatic rings. The van der Waals surface area contributed by atoms with Gasteiger partial charge in [0.2, 0.25) is 0 Å². The first-order valence-corrected chi connectivity index (χ1v) is 7.72. The highest BCUT2D eigenvalue weighted by molar-refractivity contribution is 5.86. The summed E-state index contributed by atoms with van der Waals surface area (Å²) in [5, 5.41) is 2.73. The minimum atomic E-state index is -0.359. The number of hydrogen-bond donors (Lipinski definition) is 1. The topological polar surface area (TPSA) is 38.3 Å². The third-order valence-corrected chi connectivity index (χ3v) is 3.77. The second-order valence-electron chi connectivity index (χ2n) is 5.24. The van der Waals surface area contributed by atoms with E-state index in [0.717, 1.165) is 17.6 Å². The van der Waals surface area contributed by atoms with E-state index in [1.54, 1.807) is 0 Å². The number of ether oxygens (including phenoxy) is 1. The van der Waals surface area contributed by atoms with Crippen molar-refractivity contribution in [2.45, 2.75) is 26.2 Å². The number of nitrogens with one attached hydrogen (secondary N) is 1. The second-order valence-corrected chi connectivity index (χ2v) is 5.24. The Morgan fingerprint density at radius 3 is 2.86 bits per heavy atom. The van der Waals surface area contributed by atoms with Gasteiger partial charge in [-0.1, -0.05) is 56.0 Å². The Morgan fingerprint density at radius 2 is 2.18 bits per heavy atom. The van der Waals surface area contributed by atoms with Crippen LogP contribution < -0.4 is 5.32 Å². The molecule has 0 spiro atoms. The molecule has 1 N–H and O–H groups in total. The van der Waals surface area contributed by atoms with E-state index >= 15 is 0 Å². The molecule has 22 heavy (non-hydrogen) atoms. The van der Waals surface area contributed by atoms with Crippen molar-refractivity contribution in [1.82, 2.24) is 5.32 Å². The van der Waals surface area contributed by atoms with Crippen LogP contribution >= 0.6 is 0 Å². The van der Waals surface area contributed by atoms with Gasteiger partial charge in [0, 0.05) is 12.5 Å². The van der Waals surface area contributed by atoms with Crippen molar-refractivity contribution in [3.05, 3.63) is 65.8 Å². The van der Waals surface area contributed by atoms with Crippen molar-refractivity contribution in [3.63, 3.8) is 0 Å². The van der Waals surface area contributed by atoms with Crippen LogP contribution in [0.25, 0.3) is 5.57 Å². The Kier molecular flexibility index (Phi) is 5.59. The molecule has 1 aromatic rings. The van der Waals surface area contributed by atoms with Gasteiger partial charge in [-0.15, -0.1) is 0 Å². The summed E-state index contributed by atoms with van der Waals surface area (Å²) in [6.07, 6.45) is 6.51. The first kappa shape index (κ1) is 16.1. The van der Waals surface area contributed by atoms with Gasteiger partial charge in [-0.3, -0.25) is 0 Å². The van der Waals surface area contributed by atoms with E-state index in [1.165, 1.54) is 11.1 Å². The maximum atomic E-state index is 11.7. The summed E-state index contributed by atoms with van der Waals surface area (Å²) >= 11 is 0.